The zero-order valence-corrected chi connectivity index (χ0v) is 5.06. The van der Waals surface area contributed by atoms with Gasteiger partial charge in [-0.25, -0.2) is 0 Å². The van der Waals surface area contributed by atoms with Crippen molar-refractivity contribution in [3.8, 4) is 0 Å². The van der Waals surface area contributed by atoms with E-state index in [2.05, 4.69) is 6.08 Å². The zero-order chi connectivity index (χ0) is 5.82. The predicted molar refractivity (Wildman–Crippen MR) is 33.6 cm³/mol. The van der Waals surface area contributed by atoms with Gasteiger partial charge in [0.2, 0.25) is 0 Å². The molecule has 0 saturated heterocycles. The summed E-state index contributed by atoms with van der Waals surface area (Å²) in [5, 5.41) is 8.49. The Bertz CT molecular complexity index is 94.6. The summed E-state index contributed by atoms with van der Waals surface area (Å²) in [6.45, 7) is 0.325. The predicted octanol–water partition coefficient (Wildman–Crippen LogP) is 1.48. The molecule has 1 N–H and O–H groups in total. The molecule has 0 saturated carbocycles. The Balaban J connectivity index is 2.23. The molecule has 0 aromatic heterocycles. The van der Waals surface area contributed by atoms with Gasteiger partial charge in [0.15, 0.2) is 0 Å². The van der Waals surface area contributed by atoms with E-state index in [1.807, 2.05) is 0 Å². The number of aliphatic hydroxyl groups excluding tert-OH is 1. The first kappa shape index (κ1) is 5.83. The lowest BCUT2D eigenvalue weighted by atomic mass is 10.2. The zero-order valence-electron chi connectivity index (χ0n) is 5.06. The van der Waals surface area contributed by atoms with E-state index in [0.717, 1.165) is 6.42 Å². The van der Waals surface area contributed by atoms with Crippen LogP contribution in [-0.4, -0.2) is 11.7 Å². The minimum atomic E-state index is 0.325. The van der Waals surface area contributed by atoms with Crippen LogP contribution in [0, 0.1) is 0 Å². The molecule has 0 unspecified atom stereocenters. The van der Waals surface area contributed by atoms with E-state index in [1.165, 1.54) is 24.8 Å². The Kier molecular flexibility index (Phi) is 2.10. The Labute approximate surface area is 50.0 Å². The van der Waals surface area contributed by atoms with Crippen molar-refractivity contribution in [3.63, 3.8) is 0 Å². The average molecular weight is 112 g/mol. The van der Waals surface area contributed by atoms with E-state index in [9.17, 15) is 0 Å². The summed E-state index contributed by atoms with van der Waals surface area (Å²) < 4.78 is 0. The lowest BCUT2D eigenvalue weighted by Gasteiger charge is -1.93. The topological polar surface area (TPSA) is 20.2 Å². The molecular formula is C7H12O. The fraction of sp³-hybridized carbons (Fsp3) is 0.714. The molecule has 1 aliphatic rings. The van der Waals surface area contributed by atoms with E-state index in [1.54, 1.807) is 0 Å². The van der Waals surface area contributed by atoms with Gasteiger partial charge in [-0.3, -0.25) is 0 Å². The van der Waals surface area contributed by atoms with Gasteiger partial charge in [-0.1, -0.05) is 11.6 Å². The van der Waals surface area contributed by atoms with E-state index in [0.29, 0.717) is 6.61 Å². The van der Waals surface area contributed by atoms with Crippen LogP contribution < -0.4 is 0 Å². The summed E-state index contributed by atoms with van der Waals surface area (Å²) >= 11 is 0. The minimum absolute atomic E-state index is 0.325. The van der Waals surface area contributed by atoms with Crippen LogP contribution in [0.1, 0.15) is 25.7 Å². The smallest absolute Gasteiger partial charge is 0.0468 e. The van der Waals surface area contributed by atoms with Crippen LogP contribution in [0.15, 0.2) is 11.6 Å². The first-order valence-electron chi connectivity index (χ1n) is 3.22. The van der Waals surface area contributed by atoms with Gasteiger partial charge in [-0.2, -0.15) is 0 Å². The Hall–Kier alpha value is -0.300. The van der Waals surface area contributed by atoms with Crippen molar-refractivity contribution in [2.45, 2.75) is 25.7 Å². The van der Waals surface area contributed by atoms with Crippen LogP contribution >= 0.6 is 0 Å². The third-order valence-corrected chi connectivity index (χ3v) is 1.57. The summed E-state index contributed by atoms with van der Waals surface area (Å²) in [7, 11) is 0. The van der Waals surface area contributed by atoms with Gasteiger partial charge in [0, 0.05) is 6.61 Å². The fourth-order valence-electron chi connectivity index (χ4n) is 1.11. The summed E-state index contributed by atoms with van der Waals surface area (Å²) in [4.78, 5) is 0. The third-order valence-electron chi connectivity index (χ3n) is 1.57. The molecular weight excluding hydrogens is 100 g/mol. The summed E-state index contributed by atoms with van der Waals surface area (Å²) in [6, 6.07) is 0. The van der Waals surface area contributed by atoms with Crippen molar-refractivity contribution in [2.24, 2.45) is 0 Å². The summed E-state index contributed by atoms with van der Waals surface area (Å²) in [5.74, 6) is 0. The molecule has 0 aliphatic heterocycles. The van der Waals surface area contributed by atoms with Crippen LogP contribution in [0.5, 0.6) is 0 Å². The second kappa shape index (κ2) is 2.88. The Morgan fingerprint density at radius 3 is 3.00 bits per heavy atom. The Morgan fingerprint density at radius 1 is 1.62 bits per heavy atom. The van der Waals surface area contributed by atoms with Gasteiger partial charge in [0.1, 0.15) is 0 Å². The molecule has 0 aromatic rings. The average Bonchev–Trinajstić information content (AvgIpc) is 2.19. The van der Waals surface area contributed by atoms with Crippen molar-refractivity contribution < 1.29 is 5.11 Å². The highest BCUT2D eigenvalue weighted by Crippen LogP contribution is 2.19. The number of hydrogen-bond acceptors (Lipinski definition) is 1. The molecule has 1 aliphatic carbocycles. The maximum atomic E-state index is 8.49. The molecule has 0 radical (unpaired) electrons. The molecule has 46 valence electrons. The second-order valence-electron chi connectivity index (χ2n) is 2.23. The van der Waals surface area contributed by atoms with Crippen LogP contribution in [0.4, 0.5) is 0 Å². The maximum absolute atomic E-state index is 8.49. The molecule has 0 amide bonds. The molecule has 0 heterocycles. The lowest BCUT2D eigenvalue weighted by Crippen LogP contribution is -1.83. The molecule has 0 atom stereocenters. The quantitative estimate of drug-likeness (QED) is 0.536. The van der Waals surface area contributed by atoms with Crippen LogP contribution in [0.25, 0.3) is 0 Å². The third kappa shape index (κ3) is 1.34. The monoisotopic (exact) mass is 112 g/mol. The first-order valence-corrected chi connectivity index (χ1v) is 3.22. The molecule has 1 rings (SSSR count). The largest absolute Gasteiger partial charge is 0.396 e. The molecule has 0 spiro atoms. The second-order valence-corrected chi connectivity index (χ2v) is 2.23. The number of rotatable bonds is 2. The highest BCUT2D eigenvalue weighted by Gasteiger charge is 2.01. The number of aliphatic hydroxyl groups is 1. The van der Waals surface area contributed by atoms with Crippen molar-refractivity contribution >= 4 is 0 Å². The van der Waals surface area contributed by atoms with Gasteiger partial charge in [0.25, 0.3) is 0 Å². The molecule has 1 nitrogen and oxygen atoms in total. The molecule has 8 heavy (non-hydrogen) atoms. The van der Waals surface area contributed by atoms with E-state index < -0.39 is 0 Å². The van der Waals surface area contributed by atoms with E-state index >= 15 is 0 Å². The fourth-order valence-corrected chi connectivity index (χ4v) is 1.11. The van der Waals surface area contributed by atoms with Gasteiger partial charge in [0.05, 0.1) is 0 Å². The van der Waals surface area contributed by atoms with Crippen molar-refractivity contribution in [2.75, 3.05) is 6.61 Å². The molecule has 0 aromatic carbocycles. The SMILES string of the molecule is OCCC1=CCCC1. The highest BCUT2D eigenvalue weighted by molar-refractivity contribution is 5.06. The maximum Gasteiger partial charge on any atom is 0.0468 e. The van der Waals surface area contributed by atoms with Crippen molar-refractivity contribution in [1.82, 2.24) is 0 Å². The highest BCUT2D eigenvalue weighted by atomic mass is 16.2. The van der Waals surface area contributed by atoms with Crippen molar-refractivity contribution in [3.05, 3.63) is 11.6 Å². The molecule has 0 fully saturated rings. The number of hydrogen-bond donors (Lipinski definition) is 1. The van der Waals surface area contributed by atoms with Crippen LogP contribution in [0.2, 0.25) is 0 Å². The van der Waals surface area contributed by atoms with Gasteiger partial charge < -0.3 is 5.11 Å². The molecule has 0 bridgehead atoms. The van der Waals surface area contributed by atoms with Crippen molar-refractivity contribution in [1.29, 1.82) is 0 Å². The van der Waals surface area contributed by atoms with Crippen LogP contribution in [0.3, 0.4) is 0 Å². The normalized spacial score (nSPS) is 18.9. The van der Waals surface area contributed by atoms with E-state index in [4.69, 9.17) is 5.11 Å². The Morgan fingerprint density at radius 2 is 2.50 bits per heavy atom. The molecule has 1 heteroatoms. The standard InChI is InChI=1S/C7H12O/c8-6-5-7-3-1-2-4-7/h3,8H,1-2,4-6H2. The van der Waals surface area contributed by atoms with Gasteiger partial charge in [-0.15, -0.1) is 0 Å². The lowest BCUT2D eigenvalue weighted by molar-refractivity contribution is 0.298. The van der Waals surface area contributed by atoms with Gasteiger partial charge >= 0.3 is 0 Å². The van der Waals surface area contributed by atoms with Crippen LogP contribution in [-0.2, 0) is 0 Å². The summed E-state index contributed by atoms with van der Waals surface area (Å²) in [6.07, 6.45) is 6.90. The number of allylic oxidation sites excluding steroid dienone is 1. The van der Waals surface area contributed by atoms with E-state index in [-0.39, 0.29) is 0 Å². The minimum Gasteiger partial charge on any atom is -0.396 e. The summed E-state index contributed by atoms with van der Waals surface area (Å²) in [5.41, 5.74) is 1.45. The van der Waals surface area contributed by atoms with Gasteiger partial charge in [-0.05, 0) is 25.7 Å². The first-order chi connectivity index (χ1) is 3.93.